The zero-order valence-electron chi connectivity index (χ0n) is 9.41. The van der Waals surface area contributed by atoms with Gasteiger partial charge >= 0.3 is 6.09 Å². The number of amides is 1. The fourth-order valence-electron chi connectivity index (χ4n) is 1.79. The fraction of sp³-hybridized carbons (Fsp3) is 0.417. The standard InChI is InChI=1S/C12H15FN2O2/c13-10-3-1-2-4-11(10)17-12(16)15-9-5-7-14-8-6-9/h1-4,9,14H,5-8H2,(H,15,16). The number of para-hydroxylation sites is 1. The molecule has 0 radical (unpaired) electrons. The van der Waals surface area contributed by atoms with Crippen LogP contribution in [0.2, 0.25) is 0 Å². The van der Waals surface area contributed by atoms with Gasteiger partial charge in [0.15, 0.2) is 11.6 Å². The highest BCUT2D eigenvalue weighted by molar-refractivity contribution is 5.70. The van der Waals surface area contributed by atoms with E-state index in [-0.39, 0.29) is 11.8 Å². The summed E-state index contributed by atoms with van der Waals surface area (Å²) in [6, 6.07) is 5.96. The molecule has 0 aliphatic carbocycles. The summed E-state index contributed by atoms with van der Waals surface area (Å²) in [5, 5.41) is 5.92. The Kier molecular flexibility index (Phi) is 3.93. The molecule has 92 valence electrons. The van der Waals surface area contributed by atoms with Crippen LogP contribution in [0.3, 0.4) is 0 Å². The Morgan fingerprint density at radius 2 is 2.06 bits per heavy atom. The monoisotopic (exact) mass is 238 g/mol. The van der Waals surface area contributed by atoms with Crippen molar-refractivity contribution in [3.63, 3.8) is 0 Å². The van der Waals surface area contributed by atoms with Gasteiger partial charge in [0.2, 0.25) is 0 Å². The van der Waals surface area contributed by atoms with Crippen molar-refractivity contribution in [2.75, 3.05) is 13.1 Å². The Morgan fingerprint density at radius 3 is 2.76 bits per heavy atom. The van der Waals surface area contributed by atoms with Crippen LogP contribution in [0.4, 0.5) is 9.18 Å². The van der Waals surface area contributed by atoms with Crippen LogP contribution in [0.25, 0.3) is 0 Å². The Hall–Kier alpha value is -1.62. The van der Waals surface area contributed by atoms with Gasteiger partial charge in [0.1, 0.15) is 0 Å². The van der Waals surface area contributed by atoms with Crippen LogP contribution >= 0.6 is 0 Å². The molecule has 0 bridgehead atoms. The van der Waals surface area contributed by atoms with Crippen molar-refractivity contribution in [3.8, 4) is 5.75 Å². The number of hydrogen-bond donors (Lipinski definition) is 2. The molecule has 0 atom stereocenters. The molecule has 1 saturated heterocycles. The first kappa shape index (κ1) is 11.9. The molecule has 1 fully saturated rings. The first-order chi connectivity index (χ1) is 8.25. The van der Waals surface area contributed by atoms with E-state index < -0.39 is 11.9 Å². The first-order valence-electron chi connectivity index (χ1n) is 5.69. The lowest BCUT2D eigenvalue weighted by molar-refractivity contribution is 0.190. The Balaban J connectivity index is 1.86. The molecule has 0 aromatic heterocycles. The molecule has 1 aliphatic heterocycles. The van der Waals surface area contributed by atoms with Crippen molar-refractivity contribution in [3.05, 3.63) is 30.1 Å². The van der Waals surface area contributed by atoms with Gasteiger partial charge < -0.3 is 15.4 Å². The number of piperidine rings is 1. The van der Waals surface area contributed by atoms with E-state index >= 15 is 0 Å². The van der Waals surface area contributed by atoms with Gasteiger partial charge in [0.25, 0.3) is 0 Å². The summed E-state index contributed by atoms with van der Waals surface area (Å²) in [5.74, 6) is -0.577. The van der Waals surface area contributed by atoms with Crippen LogP contribution in [0.15, 0.2) is 24.3 Å². The molecular weight excluding hydrogens is 223 g/mol. The summed E-state index contributed by atoms with van der Waals surface area (Å²) in [4.78, 5) is 11.5. The van der Waals surface area contributed by atoms with Crippen LogP contribution in [0, 0.1) is 5.82 Å². The number of carbonyl (C=O) groups excluding carboxylic acids is 1. The van der Waals surface area contributed by atoms with Crippen molar-refractivity contribution >= 4 is 6.09 Å². The average molecular weight is 238 g/mol. The molecule has 2 rings (SSSR count). The second-order valence-corrected chi connectivity index (χ2v) is 3.99. The molecule has 5 heteroatoms. The summed E-state index contributed by atoms with van der Waals surface area (Å²) in [6.45, 7) is 1.76. The highest BCUT2D eigenvalue weighted by atomic mass is 19.1. The zero-order valence-corrected chi connectivity index (χ0v) is 9.41. The third-order valence-corrected chi connectivity index (χ3v) is 2.70. The Bertz CT molecular complexity index is 392. The van der Waals surface area contributed by atoms with Crippen LogP contribution in [-0.2, 0) is 0 Å². The predicted octanol–water partition coefficient (Wildman–Crippen LogP) is 1.67. The normalized spacial score (nSPS) is 16.5. The summed E-state index contributed by atoms with van der Waals surface area (Å²) in [6.07, 6.45) is 1.14. The molecule has 4 nitrogen and oxygen atoms in total. The smallest absolute Gasteiger partial charge is 0.407 e. The number of rotatable bonds is 2. The van der Waals surface area contributed by atoms with E-state index in [2.05, 4.69) is 10.6 Å². The minimum absolute atomic E-state index is 0.0427. The highest BCUT2D eigenvalue weighted by Gasteiger charge is 2.17. The largest absolute Gasteiger partial charge is 0.412 e. The fourth-order valence-corrected chi connectivity index (χ4v) is 1.79. The van der Waals surface area contributed by atoms with Gasteiger partial charge in [-0.15, -0.1) is 0 Å². The maximum atomic E-state index is 13.2. The molecule has 1 aromatic rings. The maximum Gasteiger partial charge on any atom is 0.412 e. The molecule has 1 amide bonds. The van der Waals surface area contributed by atoms with Gasteiger partial charge in [-0.1, -0.05) is 12.1 Å². The van der Waals surface area contributed by atoms with Crippen LogP contribution in [0.5, 0.6) is 5.75 Å². The lowest BCUT2D eigenvalue weighted by Crippen LogP contribution is -2.43. The van der Waals surface area contributed by atoms with Gasteiger partial charge in [-0.2, -0.15) is 0 Å². The average Bonchev–Trinajstić information content (AvgIpc) is 2.33. The Labute approximate surface area is 99.2 Å². The number of benzene rings is 1. The molecule has 1 aliphatic rings. The molecule has 0 saturated carbocycles. The van der Waals surface area contributed by atoms with E-state index in [0.717, 1.165) is 25.9 Å². The summed E-state index contributed by atoms with van der Waals surface area (Å²) in [7, 11) is 0. The molecular formula is C12H15FN2O2. The zero-order chi connectivity index (χ0) is 12.1. The minimum Gasteiger partial charge on any atom is -0.407 e. The van der Waals surface area contributed by atoms with Gasteiger partial charge in [-0.25, -0.2) is 9.18 Å². The van der Waals surface area contributed by atoms with Crippen molar-refractivity contribution in [2.24, 2.45) is 0 Å². The van der Waals surface area contributed by atoms with Crippen LogP contribution in [0.1, 0.15) is 12.8 Å². The molecule has 2 N–H and O–H groups in total. The summed E-state index contributed by atoms with van der Waals surface area (Å²) < 4.78 is 18.1. The molecule has 0 spiro atoms. The summed E-state index contributed by atoms with van der Waals surface area (Å²) in [5.41, 5.74) is 0. The predicted molar refractivity (Wildman–Crippen MR) is 61.5 cm³/mol. The van der Waals surface area contributed by atoms with E-state index in [1.165, 1.54) is 12.1 Å². The maximum absolute atomic E-state index is 13.2. The topological polar surface area (TPSA) is 50.4 Å². The van der Waals surface area contributed by atoms with Gasteiger partial charge in [0.05, 0.1) is 0 Å². The van der Waals surface area contributed by atoms with E-state index in [0.29, 0.717) is 0 Å². The number of halogens is 1. The first-order valence-corrected chi connectivity index (χ1v) is 5.69. The third kappa shape index (κ3) is 3.42. The molecule has 1 heterocycles. The lowest BCUT2D eigenvalue weighted by Gasteiger charge is -2.23. The van der Waals surface area contributed by atoms with E-state index in [1.54, 1.807) is 12.1 Å². The van der Waals surface area contributed by atoms with Gasteiger partial charge in [0, 0.05) is 6.04 Å². The lowest BCUT2D eigenvalue weighted by atomic mass is 10.1. The van der Waals surface area contributed by atoms with Crippen LogP contribution in [-0.4, -0.2) is 25.2 Å². The minimum atomic E-state index is -0.595. The quantitative estimate of drug-likeness (QED) is 0.824. The molecule has 0 unspecified atom stereocenters. The van der Waals surface area contributed by atoms with Crippen molar-refractivity contribution in [1.82, 2.24) is 10.6 Å². The number of nitrogens with one attached hydrogen (secondary N) is 2. The van der Waals surface area contributed by atoms with Crippen molar-refractivity contribution in [2.45, 2.75) is 18.9 Å². The second kappa shape index (κ2) is 5.63. The van der Waals surface area contributed by atoms with Crippen molar-refractivity contribution < 1.29 is 13.9 Å². The van der Waals surface area contributed by atoms with Crippen molar-refractivity contribution in [1.29, 1.82) is 0 Å². The number of carbonyl (C=O) groups is 1. The number of hydrogen-bond acceptors (Lipinski definition) is 3. The van der Waals surface area contributed by atoms with Gasteiger partial charge in [-0.3, -0.25) is 0 Å². The number of ether oxygens (including phenoxy) is 1. The Morgan fingerprint density at radius 1 is 1.35 bits per heavy atom. The van der Waals surface area contributed by atoms with Crippen LogP contribution < -0.4 is 15.4 Å². The summed E-state index contributed by atoms with van der Waals surface area (Å²) >= 11 is 0. The third-order valence-electron chi connectivity index (χ3n) is 2.70. The molecule has 1 aromatic carbocycles. The second-order valence-electron chi connectivity index (χ2n) is 3.99. The van der Waals surface area contributed by atoms with E-state index in [1.807, 2.05) is 0 Å². The van der Waals surface area contributed by atoms with E-state index in [9.17, 15) is 9.18 Å². The van der Waals surface area contributed by atoms with E-state index in [4.69, 9.17) is 4.74 Å². The highest BCUT2D eigenvalue weighted by Crippen LogP contribution is 2.15. The molecule has 17 heavy (non-hydrogen) atoms. The SMILES string of the molecule is O=C(NC1CCNCC1)Oc1ccccc1F. The van der Waals surface area contributed by atoms with Gasteiger partial charge in [-0.05, 0) is 38.1 Å².